The van der Waals surface area contributed by atoms with Crippen LogP contribution in [0.15, 0.2) is 24.0 Å². The molecule has 3 unspecified atom stereocenters. The van der Waals surface area contributed by atoms with Crippen LogP contribution >= 0.6 is 0 Å². The first-order valence-electron chi connectivity index (χ1n) is 7.64. The predicted octanol–water partition coefficient (Wildman–Crippen LogP) is 1.01. The van der Waals surface area contributed by atoms with Crippen molar-refractivity contribution in [1.82, 2.24) is 0 Å². The summed E-state index contributed by atoms with van der Waals surface area (Å²) < 4.78 is 22.6. The van der Waals surface area contributed by atoms with E-state index in [0.29, 0.717) is 18.6 Å². The van der Waals surface area contributed by atoms with E-state index in [9.17, 15) is 15.3 Å². The Morgan fingerprint density at radius 2 is 2.13 bits per heavy atom. The van der Waals surface area contributed by atoms with E-state index >= 15 is 0 Å². The molecule has 3 N–H and O–H groups in total. The van der Waals surface area contributed by atoms with Gasteiger partial charge in [0, 0.05) is 5.57 Å². The van der Waals surface area contributed by atoms with E-state index in [1.54, 1.807) is 13.0 Å². The molecule has 0 amide bonds. The number of hydrogen-bond acceptors (Lipinski definition) is 7. The predicted molar refractivity (Wildman–Crippen MR) is 81.7 cm³/mol. The largest absolute Gasteiger partial charge is 0.507 e. The van der Waals surface area contributed by atoms with Crippen LogP contribution in [0.5, 0.6) is 0 Å². The monoisotopic (exact) mass is 330 g/mol. The van der Waals surface area contributed by atoms with Crippen LogP contribution in [0.2, 0.25) is 0 Å². The van der Waals surface area contributed by atoms with Crippen LogP contribution in [0.1, 0.15) is 27.2 Å². The highest BCUT2D eigenvalue weighted by atomic mass is 16.8. The molecule has 2 rings (SSSR count). The molecule has 7 heteroatoms. The van der Waals surface area contributed by atoms with Crippen molar-refractivity contribution < 1.29 is 34.3 Å². The topological polar surface area (TPSA) is 97.6 Å². The Bertz CT molecular complexity index is 473. The highest BCUT2D eigenvalue weighted by molar-refractivity contribution is 5.17. The Morgan fingerprint density at radius 1 is 1.43 bits per heavy atom. The van der Waals surface area contributed by atoms with Gasteiger partial charge in [-0.2, -0.15) is 0 Å². The van der Waals surface area contributed by atoms with Crippen molar-refractivity contribution in [3.63, 3.8) is 0 Å². The number of aliphatic hydroxyl groups excluding tert-OH is 3. The Kier molecular flexibility index (Phi) is 5.50. The maximum absolute atomic E-state index is 10.1. The lowest BCUT2D eigenvalue weighted by Crippen LogP contribution is -2.46. The van der Waals surface area contributed by atoms with E-state index in [1.165, 1.54) is 0 Å². The van der Waals surface area contributed by atoms with Gasteiger partial charge in [0.2, 0.25) is 6.29 Å². The number of aliphatic hydroxyl groups is 3. The molecule has 7 nitrogen and oxygen atoms in total. The van der Waals surface area contributed by atoms with Crippen LogP contribution in [0.3, 0.4) is 0 Å². The molecule has 132 valence electrons. The van der Waals surface area contributed by atoms with Gasteiger partial charge in [0.05, 0.1) is 19.8 Å². The fourth-order valence-corrected chi connectivity index (χ4v) is 2.78. The minimum atomic E-state index is -1.07. The van der Waals surface area contributed by atoms with Crippen molar-refractivity contribution in [2.75, 3.05) is 19.8 Å². The van der Waals surface area contributed by atoms with Gasteiger partial charge < -0.3 is 34.3 Å². The van der Waals surface area contributed by atoms with Gasteiger partial charge in [-0.1, -0.05) is 6.08 Å². The zero-order valence-electron chi connectivity index (χ0n) is 13.8. The lowest BCUT2D eigenvalue weighted by molar-refractivity contribution is -0.231. The van der Waals surface area contributed by atoms with Crippen LogP contribution in [-0.4, -0.2) is 65.0 Å². The number of ether oxygens (including phenoxy) is 4. The molecule has 0 spiro atoms. The lowest BCUT2D eigenvalue weighted by atomic mass is 10.0. The summed E-state index contributed by atoms with van der Waals surface area (Å²) in [6, 6.07) is 0. The molecule has 2 aliphatic heterocycles. The second-order valence-electron chi connectivity index (χ2n) is 6.48. The van der Waals surface area contributed by atoms with Gasteiger partial charge in [0.15, 0.2) is 11.5 Å². The van der Waals surface area contributed by atoms with E-state index in [2.05, 4.69) is 6.58 Å². The second kappa shape index (κ2) is 6.88. The van der Waals surface area contributed by atoms with Gasteiger partial charge in [-0.3, -0.25) is 0 Å². The third-order valence-corrected chi connectivity index (χ3v) is 4.06. The van der Waals surface area contributed by atoms with Crippen molar-refractivity contribution in [3.8, 4) is 0 Å². The SMILES string of the molecule is C=CCC1(COC2OC(CO)[C@@H](O)C(C)=C2O)COC(C)(C)O1. The standard InChI is InChI=1S/C16H26O7/c1-5-6-16(9-21-15(3,4)23-16)8-20-14-13(19)10(2)12(18)11(7-17)22-14/h5,11-12,14,17-19H,1,6-9H2,2-4H3/t11?,12-,14?,16?/m0/s1. The Morgan fingerprint density at radius 3 is 2.65 bits per heavy atom. The van der Waals surface area contributed by atoms with Gasteiger partial charge in [0.25, 0.3) is 0 Å². The molecule has 0 aromatic heterocycles. The molecule has 1 saturated heterocycles. The van der Waals surface area contributed by atoms with Crippen LogP contribution in [0.25, 0.3) is 0 Å². The van der Waals surface area contributed by atoms with Gasteiger partial charge in [-0.05, 0) is 27.2 Å². The average molecular weight is 330 g/mol. The third-order valence-electron chi connectivity index (χ3n) is 4.06. The van der Waals surface area contributed by atoms with Crippen molar-refractivity contribution in [2.45, 2.75) is 57.1 Å². The minimum Gasteiger partial charge on any atom is -0.507 e. The fourth-order valence-electron chi connectivity index (χ4n) is 2.78. The number of hydrogen-bond donors (Lipinski definition) is 3. The molecule has 0 aromatic rings. The molecule has 2 heterocycles. The zero-order valence-corrected chi connectivity index (χ0v) is 13.8. The summed E-state index contributed by atoms with van der Waals surface area (Å²) in [5.74, 6) is -0.911. The molecular weight excluding hydrogens is 304 g/mol. The molecule has 0 aliphatic carbocycles. The van der Waals surface area contributed by atoms with Crippen LogP contribution < -0.4 is 0 Å². The van der Waals surface area contributed by atoms with Crippen LogP contribution in [-0.2, 0) is 18.9 Å². The van der Waals surface area contributed by atoms with E-state index < -0.39 is 29.9 Å². The highest BCUT2D eigenvalue weighted by Gasteiger charge is 2.46. The maximum atomic E-state index is 10.1. The third kappa shape index (κ3) is 3.93. The molecule has 2 aliphatic rings. The van der Waals surface area contributed by atoms with Gasteiger partial charge in [-0.25, -0.2) is 0 Å². The van der Waals surface area contributed by atoms with Crippen LogP contribution in [0.4, 0.5) is 0 Å². The van der Waals surface area contributed by atoms with Crippen molar-refractivity contribution in [3.05, 3.63) is 24.0 Å². The van der Waals surface area contributed by atoms with Gasteiger partial charge in [-0.15, -0.1) is 6.58 Å². The van der Waals surface area contributed by atoms with E-state index in [1.807, 2.05) is 13.8 Å². The van der Waals surface area contributed by atoms with Crippen molar-refractivity contribution >= 4 is 0 Å². The second-order valence-corrected chi connectivity index (χ2v) is 6.48. The van der Waals surface area contributed by atoms with Gasteiger partial charge >= 0.3 is 0 Å². The summed E-state index contributed by atoms with van der Waals surface area (Å²) in [5, 5.41) is 29.3. The van der Waals surface area contributed by atoms with Gasteiger partial charge in [0.1, 0.15) is 17.8 Å². The van der Waals surface area contributed by atoms with Crippen molar-refractivity contribution in [1.29, 1.82) is 0 Å². The maximum Gasteiger partial charge on any atom is 0.216 e. The summed E-state index contributed by atoms with van der Waals surface area (Å²) in [4.78, 5) is 0. The van der Waals surface area contributed by atoms with Crippen molar-refractivity contribution in [2.24, 2.45) is 0 Å². The Hall–Kier alpha value is -0.960. The summed E-state index contributed by atoms with van der Waals surface area (Å²) in [7, 11) is 0. The first-order chi connectivity index (χ1) is 10.7. The van der Waals surface area contributed by atoms with E-state index in [-0.39, 0.29) is 19.0 Å². The minimum absolute atomic E-state index is 0.110. The molecule has 0 radical (unpaired) electrons. The summed E-state index contributed by atoms with van der Waals surface area (Å²) in [5.41, 5.74) is -0.393. The lowest BCUT2D eigenvalue weighted by Gasteiger charge is -2.35. The smallest absolute Gasteiger partial charge is 0.216 e. The first-order valence-corrected chi connectivity index (χ1v) is 7.64. The molecule has 1 fully saturated rings. The molecule has 23 heavy (non-hydrogen) atoms. The molecular formula is C16H26O7. The fraction of sp³-hybridized carbons (Fsp3) is 0.750. The summed E-state index contributed by atoms with van der Waals surface area (Å²) in [6.07, 6.45) is -0.740. The average Bonchev–Trinajstić information content (AvgIpc) is 2.80. The quantitative estimate of drug-likeness (QED) is 0.625. The normalized spacial score (nSPS) is 37.2. The number of rotatable bonds is 6. The zero-order chi connectivity index (χ0) is 17.3. The van der Waals surface area contributed by atoms with Crippen LogP contribution in [0, 0.1) is 0 Å². The first kappa shape index (κ1) is 18.4. The molecule has 0 bridgehead atoms. The van der Waals surface area contributed by atoms with E-state index in [0.717, 1.165) is 0 Å². The molecule has 4 atom stereocenters. The Labute approximate surface area is 136 Å². The Balaban J connectivity index is 2.07. The highest BCUT2D eigenvalue weighted by Crippen LogP contribution is 2.35. The molecule has 0 saturated carbocycles. The summed E-state index contributed by atoms with van der Waals surface area (Å²) >= 11 is 0. The summed E-state index contributed by atoms with van der Waals surface area (Å²) in [6.45, 7) is 8.98. The molecule has 0 aromatic carbocycles. The van der Waals surface area contributed by atoms with E-state index in [4.69, 9.17) is 18.9 Å².